The van der Waals surface area contributed by atoms with Gasteiger partial charge in [-0.3, -0.25) is 15.1 Å². The molecule has 0 fully saturated rings. The summed E-state index contributed by atoms with van der Waals surface area (Å²) in [4.78, 5) is 20.6. The second-order valence-electron chi connectivity index (χ2n) is 6.90. The van der Waals surface area contributed by atoms with Gasteiger partial charge in [0.05, 0.1) is 29.5 Å². The van der Waals surface area contributed by atoms with E-state index in [1.807, 2.05) is 0 Å². The van der Waals surface area contributed by atoms with Crippen molar-refractivity contribution in [3.8, 4) is 5.88 Å². The third-order valence-electron chi connectivity index (χ3n) is 4.61. The van der Waals surface area contributed by atoms with Gasteiger partial charge in [-0.15, -0.1) is 0 Å². The lowest BCUT2D eigenvalue weighted by Gasteiger charge is -2.26. The molecule has 1 aliphatic heterocycles. The molecule has 0 bridgehead atoms. The fourth-order valence-electron chi connectivity index (χ4n) is 2.91. The SMILES string of the molecule is COc1ccc(NC(=O)CONC2=CCN(S(=O)(=O)c3cccc(C(F)(F)F)c3)CC2)cn1. The topological polar surface area (TPSA) is 110 Å². The number of ether oxygens (including phenoxy) is 1. The molecule has 33 heavy (non-hydrogen) atoms. The van der Waals surface area contributed by atoms with Gasteiger partial charge in [0, 0.05) is 31.3 Å². The van der Waals surface area contributed by atoms with Crippen LogP contribution in [-0.2, 0) is 25.8 Å². The van der Waals surface area contributed by atoms with Crippen molar-refractivity contribution in [3.63, 3.8) is 0 Å². The molecule has 1 aliphatic rings. The van der Waals surface area contributed by atoms with Crippen LogP contribution in [0.3, 0.4) is 0 Å². The zero-order valence-electron chi connectivity index (χ0n) is 17.4. The van der Waals surface area contributed by atoms with Gasteiger partial charge in [-0.2, -0.15) is 17.5 Å². The Morgan fingerprint density at radius 1 is 1.24 bits per heavy atom. The molecule has 0 unspecified atom stereocenters. The third kappa shape index (κ3) is 6.43. The van der Waals surface area contributed by atoms with Crippen molar-refractivity contribution in [3.05, 3.63) is 59.9 Å². The van der Waals surface area contributed by atoms with Gasteiger partial charge in [0.15, 0.2) is 6.61 Å². The number of alkyl halides is 3. The van der Waals surface area contributed by atoms with Crippen molar-refractivity contribution in [2.24, 2.45) is 0 Å². The Kier molecular flexibility index (Phi) is 7.56. The minimum atomic E-state index is -4.64. The zero-order chi connectivity index (χ0) is 24.1. The fraction of sp³-hybridized carbons (Fsp3) is 0.300. The van der Waals surface area contributed by atoms with E-state index >= 15 is 0 Å². The van der Waals surface area contributed by atoms with Crippen LogP contribution in [-0.4, -0.2) is 50.4 Å². The predicted octanol–water partition coefficient (Wildman–Crippen LogP) is 2.55. The van der Waals surface area contributed by atoms with Crippen LogP contribution in [0.4, 0.5) is 18.9 Å². The molecule has 13 heteroatoms. The standard InChI is InChI=1S/C20H21F3N4O5S/c1-31-19-6-5-16(12-24-19)25-18(28)13-32-26-15-7-9-27(10-8-15)33(29,30)17-4-2-3-14(11-17)20(21,22)23/h2-7,11-12,26H,8-10,13H2,1H3,(H,25,28). The number of methoxy groups -OCH3 is 1. The number of nitrogens with zero attached hydrogens (tertiary/aromatic N) is 2. The summed E-state index contributed by atoms with van der Waals surface area (Å²) in [5, 5.41) is 2.58. The molecular formula is C20H21F3N4O5S. The molecule has 1 aromatic carbocycles. The van der Waals surface area contributed by atoms with E-state index < -0.39 is 32.6 Å². The van der Waals surface area contributed by atoms with E-state index in [0.29, 0.717) is 23.3 Å². The Labute approximate surface area is 188 Å². The van der Waals surface area contributed by atoms with E-state index in [4.69, 9.17) is 9.57 Å². The Morgan fingerprint density at radius 3 is 2.64 bits per heavy atom. The van der Waals surface area contributed by atoms with Crippen LogP contribution in [0.2, 0.25) is 0 Å². The second-order valence-corrected chi connectivity index (χ2v) is 8.83. The highest BCUT2D eigenvalue weighted by Gasteiger charge is 2.33. The molecule has 0 atom stereocenters. The summed E-state index contributed by atoms with van der Waals surface area (Å²) in [6.45, 7) is -0.353. The number of rotatable bonds is 8. The highest BCUT2D eigenvalue weighted by Crippen LogP contribution is 2.31. The molecule has 0 aliphatic carbocycles. The van der Waals surface area contributed by atoms with Gasteiger partial charge in [-0.1, -0.05) is 6.07 Å². The number of hydrogen-bond donors (Lipinski definition) is 2. The molecule has 0 saturated carbocycles. The molecule has 3 rings (SSSR count). The number of amides is 1. The number of sulfonamides is 1. The number of hydroxylamine groups is 1. The van der Waals surface area contributed by atoms with Gasteiger partial charge in [0.1, 0.15) is 0 Å². The number of benzene rings is 1. The quantitative estimate of drug-likeness (QED) is 0.552. The van der Waals surface area contributed by atoms with Crippen molar-refractivity contribution in [2.45, 2.75) is 17.5 Å². The first-order valence-electron chi connectivity index (χ1n) is 9.64. The summed E-state index contributed by atoms with van der Waals surface area (Å²) in [5.41, 5.74) is 2.56. The van der Waals surface area contributed by atoms with Crippen LogP contribution >= 0.6 is 0 Å². The molecule has 9 nitrogen and oxygen atoms in total. The number of nitrogens with one attached hydrogen (secondary N) is 2. The summed E-state index contributed by atoms with van der Waals surface area (Å²) in [6.07, 6.45) is -1.46. The molecule has 2 aromatic rings. The number of aromatic nitrogens is 1. The van der Waals surface area contributed by atoms with Crippen molar-refractivity contribution in [1.82, 2.24) is 14.8 Å². The van der Waals surface area contributed by atoms with Crippen LogP contribution in [0.25, 0.3) is 0 Å². The first kappa shape index (κ1) is 24.5. The Hall–Kier alpha value is -3.16. The van der Waals surface area contributed by atoms with Crippen molar-refractivity contribution >= 4 is 21.6 Å². The van der Waals surface area contributed by atoms with E-state index in [0.717, 1.165) is 22.5 Å². The molecule has 0 spiro atoms. The Bertz CT molecular complexity index is 1120. The van der Waals surface area contributed by atoms with E-state index in [9.17, 15) is 26.4 Å². The van der Waals surface area contributed by atoms with E-state index in [1.165, 1.54) is 19.4 Å². The van der Waals surface area contributed by atoms with Crippen LogP contribution in [0, 0.1) is 0 Å². The molecular weight excluding hydrogens is 465 g/mol. The number of pyridine rings is 1. The normalized spacial score (nSPS) is 15.0. The summed E-state index contributed by atoms with van der Waals surface area (Å²) in [6, 6.07) is 6.81. The maximum Gasteiger partial charge on any atom is 0.416 e. The zero-order valence-corrected chi connectivity index (χ0v) is 18.2. The highest BCUT2D eigenvalue weighted by molar-refractivity contribution is 7.89. The summed E-state index contributed by atoms with van der Waals surface area (Å²) < 4.78 is 70.1. The lowest BCUT2D eigenvalue weighted by Crippen LogP contribution is -2.37. The van der Waals surface area contributed by atoms with Crippen LogP contribution in [0.5, 0.6) is 5.88 Å². The smallest absolute Gasteiger partial charge is 0.416 e. The van der Waals surface area contributed by atoms with Gasteiger partial charge in [0.2, 0.25) is 15.9 Å². The maximum atomic E-state index is 12.9. The van der Waals surface area contributed by atoms with Crippen molar-refractivity contribution in [2.75, 3.05) is 32.1 Å². The number of carbonyl (C=O) groups excluding carboxylic acids is 1. The van der Waals surface area contributed by atoms with Crippen molar-refractivity contribution in [1.29, 1.82) is 0 Å². The van der Waals surface area contributed by atoms with Gasteiger partial charge < -0.3 is 10.1 Å². The van der Waals surface area contributed by atoms with Crippen LogP contribution in [0.15, 0.2) is 59.3 Å². The molecule has 1 aromatic heterocycles. The van der Waals surface area contributed by atoms with Crippen molar-refractivity contribution < 1.29 is 36.0 Å². The largest absolute Gasteiger partial charge is 0.481 e. The summed E-state index contributed by atoms with van der Waals surface area (Å²) in [5.74, 6) is -0.0427. The molecule has 1 amide bonds. The van der Waals surface area contributed by atoms with E-state index in [2.05, 4.69) is 15.8 Å². The molecule has 2 heterocycles. The number of anilines is 1. The summed E-state index contributed by atoms with van der Waals surface area (Å²) in [7, 11) is -2.63. The lowest BCUT2D eigenvalue weighted by molar-refractivity contribution is -0.137. The molecule has 178 valence electrons. The van der Waals surface area contributed by atoms with Gasteiger partial charge in [-0.25, -0.2) is 13.4 Å². The van der Waals surface area contributed by atoms with Crippen LogP contribution < -0.4 is 15.5 Å². The predicted molar refractivity (Wildman–Crippen MR) is 111 cm³/mol. The first-order chi connectivity index (χ1) is 15.6. The molecule has 0 saturated heterocycles. The average Bonchev–Trinajstić information content (AvgIpc) is 2.79. The van der Waals surface area contributed by atoms with E-state index in [1.54, 1.807) is 12.1 Å². The Morgan fingerprint density at radius 2 is 2.03 bits per heavy atom. The molecule has 2 N–H and O–H groups in total. The number of halogens is 3. The number of carbonyl (C=O) groups is 1. The average molecular weight is 486 g/mol. The van der Waals surface area contributed by atoms with E-state index in [-0.39, 0.29) is 26.1 Å². The monoisotopic (exact) mass is 486 g/mol. The third-order valence-corrected chi connectivity index (χ3v) is 6.47. The maximum absolute atomic E-state index is 12.9. The second kappa shape index (κ2) is 10.2. The lowest BCUT2D eigenvalue weighted by atomic mass is 10.2. The minimum Gasteiger partial charge on any atom is -0.481 e. The first-order valence-corrected chi connectivity index (χ1v) is 11.1. The van der Waals surface area contributed by atoms with Gasteiger partial charge in [0.25, 0.3) is 5.91 Å². The van der Waals surface area contributed by atoms with Crippen LogP contribution in [0.1, 0.15) is 12.0 Å². The fourth-order valence-corrected chi connectivity index (χ4v) is 4.34. The molecule has 0 radical (unpaired) electrons. The van der Waals surface area contributed by atoms with Gasteiger partial charge >= 0.3 is 6.18 Å². The Balaban J connectivity index is 1.50. The minimum absolute atomic E-state index is 0.0322. The summed E-state index contributed by atoms with van der Waals surface area (Å²) >= 11 is 0. The number of hydrogen-bond acceptors (Lipinski definition) is 7. The van der Waals surface area contributed by atoms with Gasteiger partial charge in [-0.05, 0) is 30.3 Å². The highest BCUT2D eigenvalue weighted by atomic mass is 32.2.